The highest BCUT2D eigenvalue weighted by Gasteiger charge is 2.14. The second-order valence-corrected chi connectivity index (χ2v) is 5.34. The molecule has 0 radical (unpaired) electrons. The minimum Gasteiger partial charge on any atom is -0.496 e. The molecule has 1 N–H and O–H groups in total. The van der Waals surface area contributed by atoms with Crippen LogP contribution in [0.15, 0.2) is 23.1 Å². The molecule has 1 atom stereocenters. The fraction of sp³-hybridized carbons (Fsp3) is 0.538. The van der Waals surface area contributed by atoms with Crippen LogP contribution < -0.4 is 4.74 Å². The van der Waals surface area contributed by atoms with E-state index in [0.29, 0.717) is 0 Å². The number of hydrogen-bond donors (Lipinski definition) is 1. The number of rotatable bonds is 6. The molecule has 1 aromatic rings. The van der Waals surface area contributed by atoms with Gasteiger partial charge in [-0.25, -0.2) is 0 Å². The lowest BCUT2D eigenvalue weighted by Crippen LogP contribution is -2.14. The number of hydrogen-bond acceptors (Lipinski definition) is 4. The van der Waals surface area contributed by atoms with E-state index in [2.05, 4.69) is 19.0 Å². The van der Waals surface area contributed by atoms with Crippen molar-refractivity contribution in [3.63, 3.8) is 0 Å². The van der Waals surface area contributed by atoms with Crippen molar-refractivity contribution < 1.29 is 9.84 Å². The van der Waals surface area contributed by atoms with Gasteiger partial charge in [-0.2, -0.15) is 0 Å². The molecule has 0 aliphatic carbocycles. The monoisotopic (exact) mass is 255 g/mol. The summed E-state index contributed by atoms with van der Waals surface area (Å²) in [6.07, 6.45) is -0.506. The summed E-state index contributed by atoms with van der Waals surface area (Å²) < 4.78 is 5.29. The zero-order valence-electron chi connectivity index (χ0n) is 10.9. The van der Waals surface area contributed by atoms with Gasteiger partial charge in [0.2, 0.25) is 0 Å². The van der Waals surface area contributed by atoms with Crippen LogP contribution in [-0.2, 0) is 0 Å². The van der Waals surface area contributed by atoms with Crippen molar-refractivity contribution in [2.24, 2.45) is 0 Å². The van der Waals surface area contributed by atoms with Gasteiger partial charge < -0.3 is 14.7 Å². The smallest absolute Gasteiger partial charge is 0.125 e. The predicted molar refractivity (Wildman–Crippen MR) is 72.9 cm³/mol. The highest BCUT2D eigenvalue weighted by molar-refractivity contribution is 7.99. The van der Waals surface area contributed by atoms with Gasteiger partial charge >= 0.3 is 0 Å². The van der Waals surface area contributed by atoms with Crippen LogP contribution in [0, 0.1) is 0 Å². The first-order valence-electron chi connectivity index (χ1n) is 5.68. The van der Waals surface area contributed by atoms with Crippen LogP contribution in [0.25, 0.3) is 0 Å². The quantitative estimate of drug-likeness (QED) is 0.791. The van der Waals surface area contributed by atoms with Crippen LogP contribution in [0.3, 0.4) is 0 Å². The fourth-order valence-corrected chi connectivity index (χ4v) is 2.86. The first-order valence-corrected chi connectivity index (χ1v) is 6.67. The second-order valence-electron chi connectivity index (χ2n) is 4.20. The molecule has 3 nitrogen and oxygen atoms in total. The van der Waals surface area contributed by atoms with Gasteiger partial charge in [0.1, 0.15) is 5.75 Å². The molecule has 0 heterocycles. The number of thioether (sulfide) groups is 1. The summed E-state index contributed by atoms with van der Waals surface area (Å²) >= 11 is 1.75. The Kier molecular flexibility index (Phi) is 5.82. The number of aliphatic hydroxyl groups excluding tert-OH is 1. The minimum atomic E-state index is -0.506. The molecule has 0 aromatic heterocycles. The lowest BCUT2D eigenvalue weighted by Gasteiger charge is -2.16. The van der Waals surface area contributed by atoms with Crippen molar-refractivity contribution in [3.05, 3.63) is 23.8 Å². The van der Waals surface area contributed by atoms with Gasteiger partial charge in [0.05, 0.1) is 13.2 Å². The number of ether oxygens (including phenoxy) is 1. The number of nitrogens with zero attached hydrogens (tertiary/aromatic N) is 1. The summed E-state index contributed by atoms with van der Waals surface area (Å²) in [7, 11) is 5.75. The number of benzene rings is 1. The predicted octanol–water partition coefficient (Wildman–Crippen LogP) is 2.40. The van der Waals surface area contributed by atoms with Crippen LogP contribution in [0.5, 0.6) is 5.75 Å². The molecular formula is C13H21NO2S. The van der Waals surface area contributed by atoms with Gasteiger partial charge in [0.15, 0.2) is 0 Å². The van der Waals surface area contributed by atoms with Gasteiger partial charge in [0.25, 0.3) is 0 Å². The van der Waals surface area contributed by atoms with Crippen molar-refractivity contribution in [1.82, 2.24) is 4.90 Å². The molecule has 0 amide bonds. The van der Waals surface area contributed by atoms with Crippen molar-refractivity contribution in [3.8, 4) is 5.75 Å². The molecule has 0 spiro atoms. The highest BCUT2D eigenvalue weighted by Crippen LogP contribution is 2.34. The lowest BCUT2D eigenvalue weighted by atomic mass is 10.1. The van der Waals surface area contributed by atoms with Crippen molar-refractivity contribution in [2.45, 2.75) is 17.9 Å². The summed E-state index contributed by atoms with van der Waals surface area (Å²) in [5, 5.41) is 9.82. The third kappa shape index (κ3) is 4.22. The van der Waals surface area contributed by atoms with E-state index in [1.807, 2.05) is 18.2 Å². The van der Waals surface area contributed by atoms with E-state index in [4.69, 9.17) is 4.74 Å². The largest absolute Gasteiger partial charge is 0.496 e. The van der Waals surface area contributed by atoms with E-state index in [1.165, 1.54) is 0 Å². The normalized spacial score (nSPS) is 12.8. The van der Waals surface area contributed by atoms with Crippen LogP contribution in [-0.4, -0.2) is 43.5 Å². The van der Waals surface area contributed by atoms with Crippen molar-refractivity contribution >= 4 is 11.8 Å². The van der Waals surface area contributed by atoms with E-state index in [9.17, 15) is 5.11 Å². The van der Waals surface area contributed by atoms with Gasteiger partial charge in [-0.1, -0.05) is 6.07 Å². The molecule has 0 saturated heterocycles. The molecule has 1 rings (SSSR count). The van der Waals surface area contributed by atoms with Crippen LogP contribution in [0.2, 0.25) is 0 Å². The maximum absolute atomic E-state index is 9.82. The summed E-state index contributed by atoms with van der Waals surface area (Å²) in [6.45, 7) is 2.79. The Bertz CT molecular complexity index is 353. The third-order valence-electron chi connectivity index (χ3n) is 2.46. The Morgan fingerprint density at radius 2 is 2.12 bits per heavy atom. The molecule has 0 fully saturated rings. The Labute approximate surface area is 108 Å². The van der Waals surface area contributed by atoms with Crippen LogP contribution in [0.1, 0.15) is 18.6 Å². The number of methoxy groups -OCH3 is 1. The van der Waals surface area contributed by atoms with E-state index >= 15 is 0 Å². The summed E-state index contributed by atoms with van der Waals surface area (Å²) in [4.78, 5) is 3.25. The Morgan fingerprint density at radius 1 is 1.41 bits per heavy atom. The summed E-state index contributed by atoms with van der Waals surface area (Å²) in [5.41, 5.74) is 0.888. The average molecular weight is 255 g/mol. The van der Waals surface area contributed by atoms with E-state index in [0.717, 1.165) is 28.5 Å². The molecular weight excluding hydrogens is 234 g/mol. The van der Waals surface area contributed by atoms with Gasteiger partial charge in [-0.05, 0) is 33.2 Å². The lowest BCUT2D eigenvalue weighted by molar-refractivity contribution is 0.191. The van der Waals surface area contributed by atoms with E-state index in [-0.39, 0.29) is 0 Å². The van der Waals surface area contributed by atoms with Crippen molar-refractivity contribution in [2.75, 3.05) is 33.5 Å². The molecule has 96 valence electrons. The second kappa shape index (κ2) is 6.89. The molecule has 4 heteroatoms. The topological polar surface area (TPSA) is 32.7 Å². The Balaban J connectivity index is 2.83. The van der Waals surface area contributed by atoms with Crippen LogP contribution >= 0.6 is 11.8 Å². The first-order chi connectivity index (χ1) is 8.06. The summed E-state index contributed by atoms with van der Waals surface area (Å²) in [6, 6.07) is 5.88. The number of aliphatic hydroxyl groups is 1. The molecule has 1 unspecified atom stereocenters. The highest BCUT2D eigenvalue weighted by atomic mass is 32.2. The van der Waals surface area contributed by atoms with E-state index < -0.39 is 6.10 Å². The van der Waals surface area contributed by atoms with Gasteiger partial charge in [-0.15, -0.1) is 11.8 Å². The standard InChI is InChI=1S/C13H21NO2S/c1-10(15)13-11(16-4)6-5-7-12(13)17-9-8-14(2)3/h5-7,10,15H,8-9H2,1-4H3. The van der Waals surface area contributed by atoms with Gasteiger partial charge in [-0.3, -0.25) is 0 Å². The molecule has 1 aromatic carbocycles. The zero-order valence-corrected chi connectivity index (χ0v) is 11.8. The minimum absolute atomic E-state index is 0.506. The average Bonchev–Trinajstić information content (AvgIpc) is 2.27. The summed E-state index contributed by atoms with van der Waals surface area (Å²) in [5.74, 6) is 1.76. The zero-order chi connectivity index (χ0) is 12.8. The first kappa shape index (κ1) is 14.4. The van der Waals surface area contributed by atoms with E-state index in [1.54, 1.807) is 25.8 Å². The van der Waals surface area contributed by atoms with Crippen molar-refractivity contribution in [1.29, 1.82) is 0 Å². The fourth-order valence-electron chi connectivity index (χ4n) is 1.58. The maximum atomic E-state index is 9.82. The molecule has 0 aliphatic rings. The molecule has 17 heavy (non-hydrogen) atoms. The molecule has 0 aliphatic heterocycles. The molecule has 0 saturated carbocycles. The maximum Gasteiger partial charge on any atom is 0.125 e. The van der Waals surface area contributed by atoms with Gasteiger partial charge in [0, 0.05) is 22.8 Å². The Morgan fingerprint density at radius 3 is 2.65 bits per heavy atom. The van der Waals surface area contributed by atoms with Crippen LogP contribution in [0.4, 0.5) is 0 Å². The third-order valence-corrected chi connectivity index (χ3v) is 3.51. The Hall–Kier alpha value is -0.710. The SMILES string of the molecule is COc1cccc(SCCN(C)C)c1C(C)O. The molecule has 0 bridgehead atoms.